The summed E-state index contributed by atoms with van der Waals surface area (Å²) < 4.78 is 11.7. The molecule has 2 unspecified atom stereocenters. The summed E-state index contributed by atoms with van der Waals surface area (Å²) in [6, 6.07) is 36.8. The van der Waals surface area contributed by atoms with Crippen molar-refractivity contribution >= 4 is 33.5 Å². The predicted octanol–water partition coefficient (Wildman–Crippen LogP) is 7.48. The fraction of sp³-hybridized carbons (Fsp3) is 0.0714. The van der Waals surface area contributed by atoms with Gasteiger partial charge in [-0.3, -0.25) is 0 Å². The Morgan fingerprint density at radius 3 is 1.09 bits per heavy atom. The summed E-state index contributed by atoms with van der Waals surface area (Å²) in [7, 11) is 2.67. The fourth-order valence-corrected chi connectivity index (χ4v) is 5.59. The lowest BCUT2D eigenvalue weighted by molar-refractivity contribution is 0.0444. The summed E-state index contributed by atoms with van der Waals surface area (Å²) in [5.74, 6) is -0.833. The molecule has 0 fully saturated rings. The number of ether oxygens (including phenoxy) is 2. The maximum Gasteiger partial charge on any atom is 0.339 e. The molecule has 0 spiro atoms. The number of carbonyl (C=O) groups is 2. The lowest BCUT2D eigenvalue weighted by Gasteiger charge is -2.22. The van der Waals surface area contributed by atoms with E-state index in [1.165, 1.54) is 21.6 Å². The van der Waals surface area contributed by atoms with Gasteiger partial charge in [0.15, 0.2) is 10.9 Å². The predicted molar refractivity (Wildman–Crippen MR) is 137 cm³/mol. The van der Waals surface area contributed by atoms with Gasteiger partial charge in [0.2, 0.25) is 0 Å². The molecule has 4 rings (SSSR count). The van der Waals surface area contributed by atoms with E-state index < -0.39 is 22.8 Å². The van der Waals surface area contributed by atoms with Crippen LogP contribution in [-0.2, 0) is 9.47 Å². The third kappa shape index (κ3) is 6.53. The van der Waals surface area contributed by atoms with Gasteiger partial charge in [-0.25, -0.2) is 9.59 Å². The first kappa shape index (κ1) is 23.7. The molecule has 0 amide bonds. The molecule has 0 N–H and O–H groups in total. The average molecular weight is 487 g/mol. The second kappa shape index (κ2) is 12.1. The average Bonchev–Trinajstić information content (AvgIpc) is 2.92. The van der Waals surface area contributed by atoms with Crippen LogP contribution in [0.15, 0.2) is 121 Å². The van der Waals surface area contributed by atoms with Crippen LogP contribution >= 0.6 is 21.6 Å². The van der Waals surface area contributed by atoms with Crippen molar-refractivity contribution in [3.05, 3.63) is 144 Å². The van der Waals surface area contributed by atoms with E-state index in [4.69, 9.17) is 9.47 Å². The van der Waals surface area contributed by atoms with Crippen LogP contribution < -0.4 is 0 Å². The maximum atomic E-state index is 12.8. The molecular weight excluding hydrogens is 464 g/mol. The number of benzene rings is 4. The van der Waals surface area contributed by atoms with Gasteiger partial charge in [0.1, 0.15) is 0 Å². The van der Waals surface area contributed by atoms with Gasteiger partial charge in [-0.05, 0) is 45.9 Å². The maximum absolute atomic E-state index is 12.8. The van der Waals surface area contributed by atoms with Gasteiger partial charge in [0.05, 0.1) is 11.1 Å². The number of hydrogen-bond acceptors (Lipinski definition) is 6. The highest BCUT2D eigenvalue weighted by Crippen LogP contribution is 2.47. The molecule has 0 saturated carbocycles. The highest BCUT2D eigenvalue weighted by Gasteiger charge is 2.25. The Bertz CT molecular complexity index is 1090. The third-order valence-electron chi connectivity index (χ3n) is 4.82. The molecule has 2 atom stereocenters. The number of esters is 2. The van der Waals surface area contributed by atoms with Gasteiger partial charge in [-0.2, -0.15) is 0 Å². The summed E-state index contributed by atoms with van der Waals surface area (Å²) >= 11 is 0. The molecule has 0 radical (unpaired) electrons. The van der Waals surface area contributed by atoms with Crippen LogP contribution in [0.25, 0.3) is 0 Å². The van der Waals surface area contributed by atoms with Crippen LogP contribution in [0, 0.1) is 0 Å². The van der Waals surface area contributed by atoms with Crippen LogP contribution in [0.4, 0.5) is 0 Å². The number of carbonyl (C=O) groups excluding carboxylic acids is 2. The topological polar surface area (TPSA) is 52.6 Å². The van der Waals surface area contributed by atoms with Crippen molar-refractivity contribution in [3.63, 3.8) is 0 Å². The van der Waals surface area contributed by atoms with Crippen LogP contribution in [0.2, 0.25) is 0 Å². The number of hydrogen-bond donors (Lipinski definition) is 0. The van der Waals surface area contributed by atoms with Crippen molar-refractivity contribution in [1.82, 2.24) is 0 Å². The highest BCUT2D eigenvalue weighted by atomic mass is 33.1. The molecule has 0 aliphatic carbocycles. The van der Waals surface area contributed by atoms with Crippen molar-refractivity contribution in [3.8, 4) is 0 Å². The SMILES string of the molecule is O=C(OC(SSC(OC(=O)c1ccccc1)c1ccccc1)c1ccccc1)c1ccccc1. The fourth-order valence-electron chi connectivity index (χ4n) is 3.09. The van der Waals surface area contributed by atoms with Gasteiger partial charge in [-0.1, -0.05) is 97.1 Å². The van der Waals surface area contributed by atoms with Crippen molar-refractivity contribution in [2.45, 2.75) is 10.9 Å². The van der Waals surface area contributed by atoms with Crippen molar-refractivity contribution < 1.29 is 19.1 Å². The summed E-state index contributed by atoms with van der Waals surface area (Å²) in [6.45, 7) is 0. The Hall–Kier alpha value is -3.48. The smallest absolute Gasteiger partial charge is 0.339 e. The summed E-state index contributed by atoms with van der Waals surface area (Å²) in [5, 5.41) is 0. The van der Waals surface area contributed by atoms with E-state index in [0.29, 0.717) is 11.1 Å². The first-order valence-electron chi connectivity index (χ1n) is 10.6. The third-order valence-corrected chi connectivity index (χ3v) is 7.40. The lowest BCUT2D eigenvalue weighted by Crippen LogP contribution is -2.11. The van der Waals surface area contributed by atoms with E-state index in [1.54, 1.807) is 48.5 Å². The molecule has 34 heavy (non-hydrogen) atoms. The molecule has 0 aliphatic rings. The largest absolute Gasteiger partial charge is 0.442 e. The molecule has 4 aromatic rings. The Morgan fingerprint density at radius 1 is 0.471 bits per heavy atom. The van der Waals surface area contributed by atoms with E-state index in [2.05, 4.69) is 0 Å². The van der Waals surface area contributed by atoms with Crippen molar-refractivity contribution in [2.75, 3.05) is 0 Å². The van der Waals surface area contributed by atoms with Crippen LogP contribution in [0.5, 0.6) is 0 Å². The molecule has 4 nitrogen and oxygen atoms in total. The van der Waals surface area contributed by atoms with Gasteiger partial charge in [0.25, 0.3) is 0 Å². The second-order valence-electron chi connectivity index (χ2n) is 7.22. The van der Waals surface area contributed by atoms with Crippen LogP contribution in [0.3, 0.4) is 0 Å². The van der Waals surface area contributed by atoms with E-state index in [0.717, 1.165) is 11.1 Å². The van der Waals surface area contributed by atoms with Crippen LogP contribution in [-0.4, -0.2) is 11.9 Å². The normalized spacial score (nSPS) is 12.4. The standard InChI is InChI=1S/C28H22O4S2/c29-25(21-13-5-1-6-14-21)31-27(23-17-9-3-10-18-23)33-34-28(24-19-11-4-12-20-24)32-26(30)22-15-7-2-8-16-22/h1-20,27-28H. The van der Waals surface area contributed by atoms with Gasteiger partial charge in [-0.15, -0.1) is 0 Å². The van der Waals surface area contributed by atoms with E-state index in [1.807, 2.05) is 72.8 Å². The van der Waals surface area contributed by atoms with Gasteiger partial charge in [0, 0.05) is 11.1 Å². The second-order valence-corrected chi connectivity index (χ2v) is 9.62. The molecule has 0 saturated heterocycles. The molecular formula is C28H22O4S2. The van der Waals surface area contributed by atoms with E-state index >= 15 is 0 Å². The first-order chi connectivity index (χ1) is 16.7. The lowest BCUT2D eigenvalue weighted by atomic mass is 10.2. The van der Waals surface area contributed by atoms with E-state index in [9.17, 15) is 9.59 Å². The minimum absolute atomic E-state index is 0.417. The van der Waals surface area contributed by atoms with Crippen LogP contribution in [0.1, 0.15) is 42.7 Å². The van der Waals surface area contributed by atoms with Crippen molar-refractivity contribution in [1.29, 1.82) is 0 Å². The summed E-state index contributed by atoms with van der Waals surface area (Å²) in [5.41, 5.74) is 1.44. The molecule has 4 aromatic carbocycles. The van der Waals surface area contributed by atoms with Crippen molar-refractivity contribution in [2.24, 2.45) is 0 Å². The monoisotopic (exact) mass is 486 g/mol. The zero-order valence-corrected chi connectivity index (χ0v) is 19.8. The summed E-state index contributed by atoms with van der Waals surface area (Å²) in [6.07, 6.45) is 0. The molecule has 0 aromatic heterocycles. The Balaban J connectivity index is 1.53. The summed E-state index contributed by atoms with van der Waals surface area (Å²) in [4.78, 5) is 25.6. The Kier molecular flexibility index (Phi) is 8.43. The number of rotatable bonds is 9. The molecule has 6 heteroatoms. The first-order valence-corrected chi connectivity index (χ1v) is 12.9. The Morgan fingerprint density at radius 2 is 0.765 bits per heavy atom. The zero-order chi connectivity index (χ0) is 23.6. The molecule has 0 heterocycles. The minimum Gasteiger partial charge on any atom is -0.442 e. The molecule has 0 bridgehead atoms. The highest BCUT2D eigenvalue weighted by molar-refractivity contribution is 8.76. The zero-order valence-electron chi connectivity index (χ0n) is 18.2. The van der Waals surface area contributed by atoms with Gasteiger partial charge < -0.3 is 9.47 Å². The molecule has 170 valence electrons. The van der Waals surface area contributed by atoms with Gasteiger partial charge >= 0.3 is 11.9 Å². The minimum atomic E-state index is -0.597. The Labute approximate surface area is 206 Å². The molecule has 0 aliphatic heterocycles. The van der Waals surface area contributed by atoms with E-state index in [-0.39, 0.29) is 0 Å². The quantitative estimate of drug-likeness (QED) is 0.139.